The van der Waals surface area contributed by atoms with Crippen LogP contribution in [0.15, 0.2) is 24.3 Å². The molecule has 0 spiro atoms. The molecule has 0 saturated carbocycles. The fourth-order valence-electron chi connectivity index (χ4n) is 2.33. The van der Waals surface area contributed by atoms with E-state index >= 15 is 0 Å². The fraction of sp³-hybridized carbons (Fsp3) is 0.533. The second-order valence-corrected chi connectivity index (χ2v) is 5.10. The normalized spacial score (nSPS) is 16.9. The number of hydrogen-bond acceptors (Lipinski definition) is 4. The number of benzene rings is 1. The Labute approximate surface area is 119 Å². The molecular weight excluding hydrogens is 256 g/mol. The van der Waals surface area contributed by atoms with E-state index in [1.165, 1.54) is 0 Å². The van der Waals surface area contributed by atoms with Crippen LogP contribution in [0.25, 0.3) is 0 Å². The summed E-state index contributed by atoms with van der Waals surface area (Å²) < 4.78 is 5.12. The first-order chi connectivity index (χ1) is 9.67. The highest BCUT2D eigenvalue weighted by Gasteiger charge is 2.17. The molecule has 0 radical (unpaired) electrons. The van der Waals surface area contributed by atoms with Gasteiger partial charge in [0.25, 0.3) is 0 Å². The number of rotatable bonds is 5. The Kier molecular flexibility index (Phi) is 5.38. The molecule has 5 heteroatoms. The van der Waals surface area contributed by atoms with Gasteiger partial charge in [-0.05, 0) is 25.0 Å². The maximum absolute atomic E-state index is 11.9. The van der Waals surface area contributed by atoms with Crippen LogP contribution >= 0.6 is 0 Å². The number of anilines is 1. The van der Waals surface area contributed by atoms with Crippen LogP contribution in [-0.4, -0.2) is 48.8 Å². The van der Waals surface area contributed by atoms with Crippen molar-refractivity contribution in [2.45, 2.75) is 25.4 Å². The molecular formula is C15H22N2O3. The third-order valence-electron chi connectivity index (χ3n) is 3.57. The monoisotopic (exact) mass is 278 g/mol. The summed E-state index contributed by atoms with van der Waals surface area (Å²) in [5.41, 5.74) is 0.753. The SMILES string of the molecule is COc1cccc(NC(=O)CCN2CCC(O)CC2)c1. The van der Waals surface area contributed by atoms with Crippen LogP contribution in [0.1, 0.15) is 19.3 Å². The maximum Gasteiger partial charge on any atom is 0.225 e. The van der Waals surface area contributed by atoms with Gasteiger partial charge in [-0.2, -0.15) is 0 Å². The van der Waals surface area contributed by atoms with Crippen molar-refractivity contribution >= 4 is 11.6 Å². The first kappa shape index (κ1) is 14.8. The Morgan fingerprint density at radius 1 is 1.45 bits per heavy atom. The summed E-state index contributed by atoms with van der Waals surface area (Å²) in [4.78, 5) is 14.1. The molecule has 0 aromatic heterocycles. The number of aliphatic hydroxyl groups excluding tert-OH is 1. The first-order valence-corrected chi connectivity index (χ1v) is 7.01. The predicted octanol–water partition coefficient (Wildman–Crippen LogP) is 1.48. The third kappa shape index (κ3) is 4.51. The molecule has 1 aromatic rings. The summed E-state index contributed by atoms with van der Waals surface area (Å²) in [5, 5.41) is 12.3. The number of nitrogens with zero attached hydrogens (tertiary/aromatic N) is 1. The van der Waals surface area contributed by atoms with E-state index in [0.717, 1.165) is 43.9 Å². The van der Waals surface area contributed by atoms with Crippen molar-refractivity contribution in [3.05, 3.63) is 24.3 Å². The largest absolute Gasteiger partial charge is 0.497 e. The summed E-state index contributed by atoms with van der Waals surface area (Å²) in [6.45, 7) is 2.48. The van der Waals surface area contributed by atoms with Crippen molar-refractivity contribution in [2.24, 2.45) is 0 Å². The average molecular weight is 278 g/mol. The van der Waals surface area contributed by atoms with Crippen LogP contribution in [0.4, 0.5) is 5.69 Å². The van der Waals surface area contributed by atoms with E-state index in [1.807, 2.05) is 18.2 Å². The fourth-order valence-corrected chi connectivity index (χ4v) is 2.33. The van der Waals surface area contributed by atoms with E-state index < -0.39 is 0 Å². The van der Waals surface area contributed by atoms with E-state index in [-0.39, 0.29) is 12.0 Å². The Morgan fingerprint density at radius 3 is 2.90 bits per heavy atom. The lowest BCUT2D eigenvalue weighted by atomic mass is 10.1. The van der Waals surface area contributed by atoms with E-state index in [9.17, 15) is 9.90 Å². The van der Waals surface area contributed by atoms with Crippen molar-refractivity contribution in [2.75, 3.05) is 32.1 Å². The van der Waals surface area contributed by atoms with Gasteiger partial charge in [-0.3, -0.25) is 4.79 Å². The van der Waals surface area contributed by atoms with E-state index in [2.05, 4.69) is 10.2 Å². The van der Waals surface area contributed by atoms with Gasteiger partial charge in [-0.15, -0.1) is 0 Å². The summed E-state index contributed by atoms with van der Waals surface area (Å²) in [6, 6.07) is 7.34. The van der Waals surface area contributed by atoms with Crippen molar-refractivity contribution in [1.82, 2.24) is 4.90 Å². The second kappa shape index (κ2) is 7.26. The lowest BCUT2D eigenvalue weighted by molar-refractivity contribution is -0.116. The van der Waals surface area contributed by atoms with Gasteiger partial charge in [0, 0.05) is 37.8 Å². The highest BCUT2D eigenvalue weighted by atomic mass is 16.5. The summed E-state index contributed by atoms with van der Waals surface area (Å²) in [6.07, 6.45) is 1.90. The lowest BCUT2D eigenvalue weighted by Crippen LogP contribution is -2.37. The number of ether oxygens (including phenoxy) is 1. The van der Waals surface area contributed by atoms with Crippen LogP contribution in [0.2, 0.25) is 0 Å². The smallest absolute Gasteiger partial charge is 0.225 e. The number of methoxy groups -OCH3 is 1. The van der Waals surface area contributed by atoms with Gasteiger partial charge in [0.2, 0.25) is 5.91 Å². The molecule has 110 valence electrons. The molecule has 1 heterocycles. The van der Waals surface area contributed by atoms with Crippen LogP contribution in [0.5, 0.6) is 5.75 Å². The first-order valence-electron chi connectivity index (χ1n) is 7.01. The number of carbonyl (C=O) groups is 1. The average Bonchev–Trinajstić information content (AvgIpc) is 2.47. The Bertz CT molecular complexity index is 442. The highest BCUT2D eigenvalue weighted by Crippen LogP contribution is 2.17. The molecule has 2 N–H and O–H groups in total. The second-order valence-electron chi connectivity index (χ2n) is 5.10. The Hall–Kier alpha value is -1.59. The lowest BCUT2D eigenvalue weighted by Gasteiger charge is -2.29. The molecule has 5 nitrogen and oxygen atoms in total. The predicted molar refractivity (Wildman–Crippen MR) is 77.9 cm³/mol. The van der Waals surface area contributed by atoms with Crippen molar-refractivity contribution in [1.29, 1.82) is 0 Å². The van der Waals surface area contributed by atoms with Crippen LogP contribution < -0.4 is 10.1 Å². The minimum atomic E-state index is -0.170. The van der Waals surface area contributed by atoms with Crippen LogP contribution in [0, 0.1) is 0 Å². The number of amides is 1. The molecule has 0 unspecified atom stereocenters. The van der Waals surface area contributed by atoms with Gasteiger partial charge >= 0.3 is 0 Å². The summed E-state index contributed by atoms with van der Waals surface area (Å²) >= 11 is 0. The molecule has 1 aliphatic rings. The summed E-state index contributed by atoms with van der Waals surface area (Å²) in [5.74, 6) is 0.734. The van der Waals surface area contributed by atoms with Gasteiger partial charge < -0.3 is 20.1 Å². The molecule has 1 fully saturated rings. The maximum atomic E-state index is 11.9. The minimum Gasteiger partial charge on any atom is -0.497 e. The van der Waals surface area contributed by atoms with E-state index in [0.29, 0.717) is 6.42 Å². The quantitative estimate of drug-likeness (QED) is 0.856. The topological polar surface area (TPSA) is 61.8 Å². The molecule has 1 aliphatic heterocycles. The molecule has 0 bridgehead atoms. The molecule has 1 amide bonds. The van der Waals surface area contributed by atoms with Crippen LogP contribution in [-0.2, 0) is 4.79 Å². The van der Waals surface area contributed by atoms with Gasteiger partial charge in [0.15, 0.2) is 0 Å². The minimum absolute atomic E-state index is 0.00405. The van der Waals surface area contributed by atoms with Crippen molar-refractivity contribution < 1.29 is 14.6 Å². The molecule has 0 atom stereocenters. The van der Waals surface area contributed by atoms with E-state index in [4.69, 9.17) is 4.74 Å². The number of likely N-dealkylation sites (tertiary alicyclic amines) is 1. The molecule has 1 aromatic carbocycles. The summed E-state index contributed by atoms with van der Waals surface area (Å²) in [7, 11) is 1.60. The number of nitrogens with one attached hydrogen (secondary N) is 1. The zero-order valence-electron chi connectivity index (χ0n) is 11.8. The third-order valence-corrected chi connectivity index (χ3v) is 3.57. The van der Waals surface area contributed by atoms with Crippen molar-refractivity contribution in [3.8, 4) is 5.75 Å². The Morgan fingerprint density at radius 2 is 2.20 bits per heavy atom. The standard InChI is InChI=1S/C15H22N2O3/c1-20-14-4-2-3-12(11-14)16-15(19)7-10-17-8-5-13(18)6-9-17/h2-4,11,13,18H,5-10H2,1H3,(H,16,19). The number of piperidine rings is 1. The van der Waals surface area contributed by atoms with Crippen molar-refractivity contribution in [3.63, 3.8) is 0 Å². The van der Waals surface area contributed by atoms with Gasteiger partial charge in [0.1, 0.15) is 5.75 Å². The zero-order valence-corrected chi connectivity index (χ0v) is 11.8. The number of carbonyl (C=O) groups excluding carboxylic acids is 1. The van der Waals surface area contributed by atoms with Gasteiger partial charge in [-0.25, -0.2) is 0 Å². The number of aliphatic hydroxyl groups is 1. The van der Waals surface area contributed by atoms with Gasteiger partial charge in [-0.1, -0.05) is 6.07 Å². The van der Waals surface area contributed by atoms with Gasteiger partial charge in [0.05, 0.1) is 13.2 Å². The molecule has 0 aliphatic carbocycles. The number of hydrogen-bond donors (Lipinski definition) is 2. The molecule has 2 rings (SSSR count). The zero-order chi connectivity index (χ0) is 14.4. The molecule has 20 heavy (non-hydrogen) atoms. The van der Waals surface area contributed by atoms with E-state index in [1.54, 1.807) is 13.2 Å². The molecule has 1 saturated heterocycles. The van der Waals surface area contributed by atoms with Crippen LogP contribution in [0.3, 0.4) is 0 Å². The Balaban J connectivity index is 1.74. The highest BCUT2D eigenvalue weighted by molar-refractivity contribution is 5.90.